The van der Waals surface area contributed by atoms with E-state index < -0.39 is 0 Å². The molecule has 204 valence electrons. The lowest BCUT2D eigenvalue weighted by Crippen LogP contribution is -2.17. The molecule has 0 atom stereocenters. The molecule has 5 heteroatoms. The highest BCUT2D eigenvalue weighted by atomic mass is 32.1. The van der Waals surface area contributed by atoms with Gasteiger partial charge in [0.15, 0.2) is 0 Å². The van der Waals surface area contributed by atoms with Crippen molar-refractivity contribution in [3.05, 3.63) is 123 Å². The van der Waals surface area contributed by atoms with E-state index in [1.807, 2.05) is 24.4 Å². The Balaban J connectivity index is 1.47. The standard InChI is InChI=1S/C37H30N4S/c1-23-15-30(16-24(2)25(23)3)41(29-14-13-27-10-6-7-11-28(27)17-29)31-18-33-35(40-22-31)36-34(37(33,4)5)19-32(42-36)12-8-9-26(20-38)21-39/h6-19,22H,1-5H3/b12-8+. The molecule has 0 N–H and O–H groups in total. The highest BCUT2D eigenvalue weighted by Gasteiger charge is 2.39. The second kappa shape index (κ2) is 10.5. The minimum atomic E-state index is -0.231. The Labute approximate surface area is 251 Å². The van der Waals surface area contributed by atoms with Gasteiger partial charge in [0, 0.05) is 21.7 Å². The van der Waals surface area contributed by atoms with E-state index in [2.05, 4.69) is 106 Å². The molecule has 0 radical (unpaired) electrons. The fourth-order valence-corrected chi connectivity index (χ4v) is 7.00. The van der Waals surface area contributed by atoms with Gasteiger partial charge in [0.2, 0.25) is 0 Å². The number of aromatic nitrogens is 1. The number of aryl methyl sites for hydroxylation is 2. The molecule has 0 saturated carbocycles. The zero-order chi connectivity index (χ0) is 29.6. The molecule has 0 unspecified atom stereocenters. The third-order valence-corrected chi connectivity index (χ3v) is 9.48. The van der Waals surface area contributed by atoms with Gasteiger partial charge in [0.05, 0.1) is 22.5 Å². The maximum Gasteiger partial charge on any atom is 0.129 e. The Bertz CT molecular complexity index is 1990. The summed E-state index contributed by atoms with van der Waals surface area (Å²) >= 11 is 1.69. The topological polar surface area (TPSA) is 63.7 Å². The fourth-order valence-electron chi connectivity index (χ4n) is 5.75. The molecule has 0 bridgehead atoms. The average molecular weight is 563 g/mol. The van der Waals surface area contributed by atoms with Gasteiger partial charge in [-0.05, 0) is 108 Å². The van der Waals surface area contributed by atoms with Crippen molar-refractivity contribution in [3.8, 4) is 22.7 Å². The molecule has 4 nitrogen and oxygen atoms in total. The zero-order valence-corrected chi connectivity index (χ0v) is 25.2. The Morgan fingerprint density at radius 2 is 1.55 bits per heavy atom. The van der Waals surface area contributed by atoms with E-state index in [0.29, 0.717) is 0 Å². The van der Waals surface area contributed by atoms with Crippen LogP contribution in [0.2, 0.25) is 0 Å². The second-order valence-corrected chi connectivity index (χ2v) is 12.4. The van der Waals surface area contributed by atoms with Crippen LogP contribution in [0.15, 0.2) is 90.7 Å². The molecule has 5 aromatic rings. The van der Waals surface area contributed by atoms with Gasteiger partial charge >= 0.3 is 0 Å². The number of nitrogens with zero attached hydrogens (tertiary/aromatic N) is 4. The van der Waals surface area contributed by atoms with Gasteiger partial charge in [0.25, 0.3) is 0 Å². The Kier molecular flexibility index (Phi) is 6.77. The molecular weight excluding hydrogens is 533 g/mol. The van der Waals surface area contributed by atoms with E-state index in [9.17, 15) is 0 Å². The number of anilines is 3. The molecule has 1 aliphatic carbocycles. The molecule has 0 fully saturated rings. The normalized spacial score (nSPS) is 12.9. The van der Waals surface area contributed by atoms with Crippen molar-refractivity contribution in [3.63, 3.8) is 0 Å². The van der Waals surface area contributed by atoms with Crippen LogP contribution in [0.1, 0.15) is 46.5 Å². The maximum atomic E-state index is 9.01. The van der Waals surface area contributed by atoms with Crippen molar-refractivity contribution in [2.75, 3.05) is 4.90 Å². The van der Waals surface area contributed by atoms with Crippen molar-refractivity contribution in [1.29, 1.82) is 10.5 Å². The van der Waals surface area contributed by atoms with Gasteiger partial charge in [-0.25, -0.2) is 0 Å². The first-order valence-corrected chi connectivity index (χ1v) is 14.7. The van der Waals surface area contributed by atoms with E-state index >= 15 is 0 Å². The lowest BCUT2D eigenvalue weighted by Gasteiger charge is -2.28. The van der Waals surface area contributed by atoms with Crippen molar-refractivity contribution >= 4 is 45.2 Å². The lowest BCUT2D eigenvalue weighted by atomic mass is 9.83. The number of nitriles is 2. The summed E-state index contributed by atoms with van der Waals surface area (Å²) in [5.41, 5.74) is 10.4. The Morgan fingerprint density at radius 3 is 2.26 bits per heavy atom. The van der Waals surface area contributed by atoms with Crippen molar-refractivity contribution < 1.29 is 0 Å². The first kappa shape index (κ1) is 27.2. The molecule has 2 aromatic heterocycles. The van der Waals surface area contributed by atoms with Gasteiger partial charge in [0.1, 0.15) is 17.7 Å². The predicted molar refractivity (Wildman–Crippen MR) is 174 cm³/mol. The summed E-state index contributed by atoms with van der Waals surface area (Å²) in [7, 11) is 0. The van der Waals surface area contributed by atoms with Crippen molar-refractivity contribution in [2.45, 2.75) is 40.0 Å². The number of thiophene rings is 1. The maximum absolute atomic E-state index is 9.01. The summed E-state index contributed by atoms with van der Waals surface area (Å²) in [4.78, 5) is 9.65. The molecule has 42 heavy (non-hydrogen) atoms. The first-order valence-electron chi connectivity index (χ1n) is 13.9. The van der Waals surface area contributed by atoms with Crippen LogP contribution in [-0.4, -0.2) is 4.98 Å². The van der Waals surface area contributed by atoms with Gasteiger partial charge in [-0.2, -0.15) is 10.5 Å². The number of hydrogen-bond donors (Lipinski definition) is 0. The summed E-state index contributed by atoms with van der Waals surface area (Å²) in [5, 5.41) is 20.4. The van der Waals surface area contributed by atoms with Gasteiger partial charge < -0.3 is 4.90 Å². The fraction of sp³-hybridized carbons (Fsp3) is 0.162. The van der Waals surface area contributed by atoms with Crippen molar-refractivity contribution in [2.24, 2.45) is 0 Å². The number of benzene rings is 3. The quantitative estimate of drug-likeness (QED) is 0.158. The van der Waals surface area contributed by atoms with Crippen LogP contribution in [-0.2, 0) is 5.41 Å². The SMILES string of the molecule is Cc1cc(N(c2cnc3c(c2)C(C)(C)c2cc(/C=C/C=C(C#N)C#N)sc2-3)c2ccc3ccccc3c2)cc(C)c1C. The van der Waals surface area contributed by atoms with E-state index in [0.717, 1.165) is 27.6 Å². The molecule has 1 aliphatic rings. The summed E-state index contributed by atoms with van der Waals surface area (Å²) in [6.07, 6.45) is 7.25. The van der Waals surface area contributed by atoms with Crippen LogP contribution in [0.4, 0.5) is 17.1 Å². The number of rotatable bonds is 5. The molecule has 0 saturated heterocycles. The smallest absolute Gasteiger partial charge is 0.129 e. The third kappa shape index (κ3) is 4.59. The van der Waals surface area contributed by atoms with Crippen LogP contribution >= 0.6 is 11.3 Å². The van der Waals surface area contributed by atoms with Crippen LogP contribution in [0, 0.1) is 43.4 Å². The van der Waals surface area contributed by atoms with Crippen LogP contribution in [0.5, 0.6) is 0 Å². The summed E-state index contributed by atoms with van der Waals surface area (Å²) < 4.78 is 0. The zero-order valence-electron chi connectivity index (χ0n) is 24.4. The predicted octanol–water partition coefficient (Wildman–Crippen LogP) is 9.98. The molecular formula is C37H30N4S. The lowest BCUT2D eigenvalue weighted by molar-refractivity contribution is 0.660. The summed E-state index contributed by atoms with van der Waals surface area (Å²) in [6.45, 7) is 11.0. The highest BCUT2D eigenvalue weighted by Crippen LogP contribution is 2.53. The third-order valence-electron chi connectivity index (χ3n) is 8.37. The molecule has 2 heterocycles. The second-order valence-electron chi connectivity index (χ2n) is 11.3. The van der Waals surface area contributed by atoms with E-state index in [-0.39, 0.29) is 11.0 Å². The summed E-state index contributed by atoms with van der Waals surface area (Å²) in [5.74, 6) is 0. The van der Waals surface area contributed by atoms with Crippen LogP contribution in [0.25, 0.3) is 27.4 Å². The molecule has 0 aliphatic heterocycles. The van der Waals surface area contributed by atoms with E-state index in [1.165, 1.54) is 43.5 Å². The minimum absolute atomic E-state index is 0.0881. The summed E-state index contributed by atoms with van der Waals surface area (Å²) in [6, 6.07) is 27.9. The van der Waals surface area contributed by atoms with E-state index in [1.54, 1.807) is 23.5 Å². The molecule has 6 rings (SSSR count). The first-order chi connectivity index (χ1) is 20.2. The number of hydrogen-bond acceptors (Lipinski definition) is 5. The molecule has 0 amide bonds. The van der Waals surface area contributed by atoms with E-state index in [4.69, 9.17) is 15.5 Å². The van der Waals surface area contributed by atoms with Gasteiger partial charge in [-0.3, -0.25) is 4.98 Å². The van der Waals surface area contributed by atoms with Crippen LogP contribution < -0.4 is 4.90 Å². The highest BCUT2D eigenvalue weighted by molar-refractivity contribution is 7.16. The van der Waals surface area contributed by atoms with Gasteiger partial charge in [-0.15, -0.1) is 11.3 Å². The largest absolute Gasteiger partial charge is 0.309 e. The molecule has 0 spiro atoms. The number of fused-ring (bicyclic) bond motifs is 4. The van der Waals surface area contributed by atoms with Crippen LogP contribution in [0.3, 0.4) is 0 Å². The number of allylic oxidation sites excluding steroid dienone is 3. The van der Waals surface area contributed by atoms with Gasteiger partial charge in [-0.1, -0.05) is 50.3 Å². The Hall–Kier alpha value is -4.97. The Morgan fingerprint density at radius 1 is 0.833 bits per heavy atom. The molecule has 3 aromatic carbocycles. The number of pyridine rings is 1. The minimum Gasteiger partial charge on any atom is -0.309 e. The average Bonchev–Trinajstić information content (AvgIpc) is 3.50. The monoisotopic (exact) mass is 562 g/mol. The van der Waals surface area contributed by atoms with Crippen molar-refractivity contribution in [1.82, 2.24) is 4.98 Å².